The highest BCUT2D eigenvalue weighted by Gasteiger charge is 2.43. The van der Waals surface area contributed by atoms with Crippen molar-refractivity contribution in [3.05, 3.63) is 63.7 Å². The summed E-state index contributed by atoms with van der Waals surface area (Å²) in [4.78, 5) is 42.9. The van der Waals surface area contributed by atoms with Gasteiger partial charge in [0, 0.05) is 5.54 Å². The van der Waals surface area contributed by atoms with E-state index in [1.54, 1.807) is 31.7 Å². The number of rotatable bonds is 7. The van der Waals surface area contributed by atoms with Crippen LogP contribution in [0.5, 0.6) is 0 Å². The minimum atomic E-state index is -1.00. The number of halogens is 1. The minimum absolute atomic E-state index is 0.275. The molecule has 2 aromatic carbocycles. The van der Waals surface area contributed by atoms with Crippen LogP contribution >= 0.6 is 11.6 Å². The number of carbonyl (C=O) groups is 3. The summed E-state index contributed by atoms with van der Waals surface area (Å²) in [6, 6.07) is 9.29. The zero-order valence-corrected chi connectivity index (χ0v) is 25.9. The molecule has 0 saturated heterocycles. The van der Waals surface area contributed by atoms with Crippen LogP contribution in [0, 0.1) is 26.7 Å². The van der Waals surface area contributed by atoms with E-state index in [1.807, 2.05) is 85.7 Å². The molecule has 0 spiro atoms. The van der Waals surface area contributed by atoms with Gasteiger partial charge in [-0.15, -0.1) is 0 Å². The van der Waals surface area contributed by atoms with Crippen LogP contribution < -0.4 is 10.6 Å². The average Bonchev–Trinajstić information content (AvgIpc) is 2.77. The Balaban J connectivity index is 2.69. The van der Waals surface area contributed by atoms with E-state index < -0.39 is 35.2 Å². The van der Waals surface area contributed by atoms with Crippen molar-refractivity contribution in [2.75, 3.05) is 5.32 Å². The molecule has 8 heteroatoms. The van der Waals surface area contributed by atoms with Gasteiger partial charge in [0.25, 0.3) is 5.91 Å². The van der Waals surface area contributed by atoms with Crippen LogP contribution in [0.15, 0.2) is 36.4 Å². The van der Waals surface area contributed by atoms with Gasteiger partial charge in [-0.1, -0.05) is 61.3 Å². The zero-order chi connectivity index (χ0) is 29.9. The summed E-state index contributed by atoms with van der Waals surface area (Å²) >= 11 is 6.46. The summed E-state index contributed by atoms with van der Waals surface area (Å²) in [5, 5.41) is 6.16. The topological polar surface area (TPSA) is 87.7 Å². The lowest BCUT2D eigenvalue weighted by atomic mass is 9.90. The number of carbonyl (C=O) groups excluding carboxylic acids is 3. The van der Waals surface area contributed by atoms with Crippen molar-refractivity contribution in [2.24, 2.45) is 5.92 Å². The summed E-state index contributed by atoms with van der Waals surface area (Å²) in [5.74, 6) is -1.06. The fourth-order valence-electron chi connectivity index (χ4n) is 4.38. The average molecular weight is 558 g/mol. The number of nitrogens with one attached hydrogen (secondary N) is 2. The van der Waals surface area contributed by atoms with Crippen molar-refractivity contribution in [1.82, 2.24) is 10.2 Å². The molecule has 0 radical (unpaired) electrons. The second kappa shape index (κ2) is 12.4. The van der Waals surface area contributed by atoms with E-state index in [2.05, 4.69) is 10.6 Å². The number of amides is 3. The van der Waals surface area contributed by atoms with Gasteiger partial charge >= 0.3 is 6.09 Å². The molecule has 0 aliphatic carbocycles. The van der Waals surface area contributed by atoms with Crippen molar-refractivity contribution in [2.45, 2.75) is 99.4 Å². The van der Waals surface area contributed by atoms with E-state index >= 15 is 0 Å². The van der Waals surface area contributed by atoms with Crippen LogP contribution in [0.2, 0.25) is 5.02 Å². The molecule has 2 N–H and O–H groups in total. The molecule has 39 heavy (non-hydrogen) atoms. The lowest BCUT2D eigenvalue weighted by Gasteiger charge is -2.44. The summed E-state index contributed by atoms with van der Waals surface area (Å²) in [7, 11) is 0. The van der Waals surface area contributed by atoms with E-state index in [0.717, 1.165) is 16.7 Å². The van der Waals surface area contributed by atoms with Crippen molar-refractivity contribution in [3.8, 4) is 0 Å². The predicted molar refractivity (Wildman–Crippen MR) is 158 cm³/mol. The lowest BCUT2D eigenvalue weighted by molar-refractivity contribution is -0.147. The first-order valence-corrected chi connectivity index (χ1v) is 13.7. The van der Waals surface area contributed by atoms with Crippen LogP contribution in [0.1, 0.15) is 83.7 Å². The third-order valence-electron chi connectivity index (χ3n) is 6.27. The Hall–Kier alpha value is -3.06. The highest BCUT2D eigenvalue weighted by atomic mass is 35.5. The van der Waals surface area contributed by atoms with Crippen molar-refractivity contribution in [1.29, 1.82) is 0 Å². The molecule has 3 amide bonds. The number of benzene rings is 2. The van der Waals surface area contributed by atoms with E-state index in [-0.39, 0.29) is 11.8 Å². The normalized spacial score (nSPS) is 13.5. The molecule has 0 saturated carbocycles. The van der Waals surface area contributed by atoms with Gasteiger partial charge in [-0.25, -0.2) is 4.79 Å². The number of para-hydroxylation sites is 1. The maximum atomic E-state index is 14.4. The Labute approximate surface area is 238 Å². The van der Waals surface area contributed by atoms with Gasteiger partial charge in [0.2, 0.25) is 5.91 Å². The summed E-state index contributed by atoms with van der Waals surface area (Å²) in [6.45, 7) is 20.3. The Morgan fingerprint density at radius 2 is 1.54 bits per heavy atom. The maximum Gasteiger partial charge on any atom is 0.408 e. The molecular weight excluding hydrogens is 514 g/mol. The van der Waals surface area contributed by atoms with Gasteiger partial charge in [-0.05, 0) is 91.0 Å². The number of anilines is 1. The fourth-order valence-corrected chi connectivity index (χ4v) is 4.65. The monoisotopic (exact) mass is 557 g/mol. The fraction of sp³-hybridized carbons (Fsp3) is 0.516. The standard InChI is InChI=1S/C31H44ClN3O4/c1-18(2)24(34-29(38)39-31(9,10)11)28(37)35(30(6,7)8)26(22-17-19(3)15-16-20(22)4)27(36)33-25-21(5)13-12-14-23(25)32/h12-18,24,26H,1-11H3,(H,33,36)(H,34,38). The Kier molecular flexibility index (Phi) is 10.2. The summed E-state index contributed by atoms with van der Waals surface area (Å²) in [5.41, 5.74) is 2.28. The summed E-state index contributed by atoms with van der Waals surface area (Å²) in [6.07, 6.45) is -0.692. The first-order valence-electron chi connectivity index (χ1n) is 13.3. The number of alkyl carbamates (subject to hydrolysis) is 1. The largest absolute Gasteiger partial charge is 0.444 e. The van der Waals surface area contributed by atoms with E-state index in [1.165, 1.54) is 0 Å². The first kappa shape index (κ1) is 32.2. The van der Waals surface area contributed by atoms with Crippen molar-refractivity contribution in [3.63, 3.8) is 0 Å². The SMILES string of the molecule is Cc1ccc(C)c(C(C(=O)Nc2c(C)cccc2Cl)N(C(=O)C(NC(=O)OC(C)(C)C)C(C)C)C(C)(C)C)c1. The molecule has 0 aliphatic heterocycles. The molecule has 2 unspecified atom stereocenters. The molecule has 0 aromatic heterocycles. The zero-order valence-electron chi connectivity index (χ0n) is 25.2. The maximum absolute atomic E-state index is 14.4. The predicted octanol–water partition coefficient (Wildman–Crippen LogP) is 7.12. The number of hydrogen-bond acceptors (Lipinski definition) is 4. The van der Waals surface area contributed by atoms with Gasteiger partial charge in [0.1, 0.15) is 17.7 Å². The number of hydrogen-bond donors (Lipinski definition) is 2. The number of nitrogens with zero attached hydrogens (tertiary/aromatic N) is 1. The second-order valence-electron chi connectivity index (χ2n) is 12.4. The van der Waals surface area contributed by atoms with Gasteiger partial charge in [-0.2, -0.15) is 0 Å². The molecule has 0 heterocycles. The molecule has 7 nitrogen and oxygen atoms in total. The second-order valence-corrected chi connectivity index (χ2v) is 12.8. The highest BCUT2D eigenvalue weighted by Crippen LogP contribution is 2.35. The third kappa shape index (κ3) is 8.46. The minimum Gasteiger partial charge on any atom is -0.444 e. The number of aryl methyl sites for hydroxylation is 3. The lowest BCUT2D eigenvalue weighted by Crippen LogP contribution is -2.59. The Morgan fingerprint density at radius 3 is 2.05 bits per heavy atom. The van der Waals surface area contributed by atoms with E-state index in [4.69, 9.17) is 16.3 Å². The molecule has 2 rings (SSSR count). The van der Waals surface area contributed by atoms with Crippen LogP contribution in [-0.2, 0) is 14.3 Å². The van der Waals surface area contributed by atoms with E-state index in [9.17, 15) is 14.4 Å². The van der Waals surface area contributed by atoms with Gasteiger partial charge in [0.05, 0.1) is 10.7 Å². The van der Waals surface area contributed by atoms with Crippen LogP contribution in [0.25, 0.3) is 0 Å². The Morgan fingerprint density at radius 1 is 0.923 bits per heavy atom. The molecule has 2 aromatic rings. The van der Waals surface area contributed by atoms with Crippen molar-refractivity contribution < 1.29 is 19.1 Å². The molecule has 2 atom stereocenters. The third-order valence-corrected chi connectivity index (χ3v) is 6.59. The number of ether oxygens (including phenoxy) is 1. The molecule has 0 fully saturated rings. The highest BCUT2D eigenvalue weighted by molar-refractivity contribution is 6.34. The molecule has 214 valence electrons. The Bertz CT molecular complexity index is 1190. The van der Waals surface area contributed by atoms with Gasteiger partial charge < -0.3 is 20.3 Å². The summed E-state index contributed by atoms with van der Waals surface area (Å²) < 4.78 is 5.45. The van der Waals surface area contributed by atoms with Gasteiger partial charge in [-0.3, -0.25) is 9.59 Å². The van der Waals surface area contributed by atoms with E-state index in [0.29, 0.717) is 16.3 Å². The van der Waals surface area contributed by atoms with Crippen LogP contribution in [-0.4, -0.2) is 40.0 Å². The van der Waals surface area contributed by atoms with Crippen LogP contribution in [0.4, 0.5) is 10.5 Å². The van der Waals surface area contributed by atoms with Crippen LogP contribution in [0.3, 0.4) is 0 Å². The molecule has 0 aliphatic rings. The smallest absolute Gasteiger partial charge is 0.408 e. The molecular formula is C31H44ClN3O4. The quantitative estimate of drug-likeness (QED) is 0.379. The van der Waals surface area contributed by atoms with Gasteiger partial charge in [0.15, 0.2) is 0 Å². The van der Waals surface area contributed by atoms with Crippen molar-refractivity contribution >= 4 is 35.2 Å². The molecule has 0 bridgehead atoms. The first-order chi connectivity index (χ1) is 17.8.